The molecule has 0 aliphatic rings. The van der Waals surface area contributed by atoms with Crippen LogP contribution >= 0.6 is 11.6 Å². The lowest BCUT2D eigenvalue weighted by Crippen LogP contribution is -1.95. The topological polar surface area (TPSA) is 22.1 Å². The smallest absolute Gasteiger partial charge is 0.120 e. The molecule has 0 fully saturated rings. The minimum absolute atomic E-state index is 0.580. The normalized spacial score (nSPS) is 10.6. The molecule has 0 bridgehead atoms. The fourth-order valence-corrected chi connectivity index (χ4v) is 2.61. The first-order valence-corrected chi connectivity index (χ1v) is 7.54. The van der Waals surface area contributed by atoms with Gasteiger partial charge < -0.3 is 4.74 Å². The van der Waals surface area contributed by atoms with Crippen LogP contribution in [0.4, 0.5) is 0 Å². The quantitative estimate of drug-likeness (QED) is 0.588. The van der Waals surface area contributed by atoms with E-state index in [1.807, 2.05) is 61.5 Å². The van der Waals surface area contributed by atoms with Gasteiger partial charge in [-0.15, -0.1) is 0 Å². The van der Waals surface area contributed by atoms with E-state index < -0.39 is 0 Å². The first-order chi connectivity index (χ1) is 10.7. The Labute approximate surface area is 135 Å². The van der Waals surface area contributed by atoms with Crippen molar-refractivity contribution in [3.05, 3.63) is 71.8 Å². The van der Waals surface area contributed by atoms with Crippen LogP contribution in [0.2, 0.25) is 5.02 Å². The van der Waals surface area contributed by atoms with Crippen molar-refractivity contribution in [3.63, 3.8) is 0 Å². The molecule has 3 aromatic rings. The molecule has 0 atom stereocenters. The van der Waals surface area contributed by atoms with Crippen LogP contribution < -0.4 is 0 Å². The van der Waals surface area contributed by atoms with E-state index >= 15 is 0 Å². The third-order valence-electron chi connectivity index (χ3n) is 3.46. The first-order valence-electron chi connectivity index (χ1n) is 7.17. The zero-order valence-electron chi connectivity index (χ0n) is 12.3. The number of ether oxygens (including phenoxy) is 1. The van der Waals surface area contributed by atoms with Crippen LogP contribution in [-0.4, -0.2) is 11.6 Å². The lowest BCUT2D eigenvalue weighted by molar-refractivity contribution is 0.299. The summed E-state index contributed by atoms with van der Waals surface area (Å²) < 4.78 is 5.60. The van der Waals surface area contributed by atoms with E-state index in [2.05, 4.69) is 6.58 Å². The van der Waals surface area contributed by atoms with E-state index in [1.54, 1.807) is 0 Å². The Morgan fingerprint density at radius 3 is 2.64 bits per heavy atom. The van der Waals surface area contributed by atoms with Gasteiger partial charge in [0.1, 0.15) is 5.76 Å². The average Bonchev–Trinajstić information content (AvgIpc) is 2.54. The summed E-state index contributed by atoms with van der Waals surface area (Å²) in [5, 5.41) is 1.65. The molecule has 0 unspecified atom stereocenters. The molecule has 3 rings (SSSR count). The molecular weight excluding hydrogens is 294 g/mol. The molecule has 1 aromatic heterocycles. The monoisotopic (exact) mass is 309 g/mol. The van der Waals surface area contributed by atoms with E-state index in [0.717, 1.165) is 27.7 Å². The summed E-state index contributed by atoms with van der Waals surface area (Å²) in [5.41, 5.74) is 3.72. The molecule has 0 radical (unpaired) electrons. The molecule has 110 valence electrons. The van der Waals surface area contributed by atoms with Crippen LogP contribution in [0.1, 0.15) is 12.5 Å². The van der Waals surface area contributed by atoms with Gasteiger partial charge in [0, 0.05) is 21.5 Å². The number of aromatic nitrogens is 1. The van der Waals surface area contributed by atoms with E-state index in [0.29, 0.717) is 17.4 Å². The first kappa shape index (κ1) is 14.6. The third-order valence-corrected chi connectivity index (χ3v) is 3.70. The fraction of sp³-hybridized carbons (Fsp3) is 0.105. The summed E-state index contributed by atoms with van der Waals surface area (Å²) >= 11 is 6.12. The van der Waals surface area contributed by atoms with Crippen LogP contribution in [0.3, 0.4) is 0 Å². The van der Waals surface area contributed by atoms with Gasteiger partial charge in [-0.1, -0.05) is 54.6 Å². The van der Waals surface area contributed by atoms with Crippen molar-refractivity contribution >= 4 is 28.3 Å². The maximum atomic E-state index is 6.12. The van der Waals surface area contributed by atoms with Gasteiger partial charge in [-0.3, -0.25) is 0 Å². The lowest BCUT2D eigenvalue weighted by atomic mass is 10.0. The largest absolute Gasteiger partial charge is 0.494 e. The minimum Gasteiger partial charge on any atom is -0.494 e. The Morgan fingerprint density at radius 2 is 1.91 bits per heavy atom. The Morgan fingerprint density at radius 1 is 1.14 bits per heavy atom. The zero-order valence-corrected chi connectivity index (χ0v) is 13.1. The molecule has 0 spiro atoms. The van der Waals surface area contributed by atoms with E-state index in [9.17, 15) is 0 Å². The standard InChI is InChI=1S/C19H16ClNO/c1-3-22-13(2)17-12-18(14-7-5-4-6-8-14)21-19-11-15(20)9-10-16(17)19/h4-12H,2-3H2,1H3. The zero-order chi connectivity index (χ0) is 15.5. The van der Waals surface area contributed by atoms with Crippen molar-refractivity contribution in [2.75, 3.05) is 6.61 Å². The Hall–Kier alpha value is -2.32. The lowest BCUT2D eigenvalue weighted by Gasteiger charge is -2.12. The molecule has 0 saturated heterocycles. The van der Waals surface area contributed by atoms with Gasteiger partial charge >= 0.3 is 0 Å². The molecule has 22 heavy (non-hydrogen) atoms. The van der Waals surface area contributed by atoms with E-state index in [-0.39, 0.29) is 0 Å². The number of nitrogens with zero attached hydrogens (tertiary/aromatic N) is 1. The van der Waals surface area contributed by atoms with Crippen molar-refractivity contribution in [1.82, 2.24) is 4.98 Å². The predicted octanol–water partition coefficient (Wildman–Crippen LogP) is 5.56. The second-order valence-corrected chi connectivity index (χ2v) is 5.38. The molecule has 3 heteroatoms. The molecule has 2 nitrogen and oxygen atoms in total. The minimum atomic E-state index is 0.580. The number of rotatable bonds is 4. The molecule has 0 amide bonds. The van der Waals surface area contributed by atoms with Crippen molar-refractivity contribution in [2.24, 2.45) is 0 Å². The molecule has 0 N–H and O–H groups in total. The van der Waals surface area contributed by atoms with Gasteiger partial charge in [0.15, 0.2) is 0 Å². The summed E-state index contributed by atoms with van der Waals surface area (Å²) in [6.07, 6.45) is 0. The fourth-order valence-electron chi connectivity index (χ4n) is 2.44. The Balaban J connectivity index is 2.25. The molecule has 0 aliphatic heterocycles. The average molecular weight is 310 g/mol. The molecule has 2 aromatic carbocycles. The number of pyridine rings is 1. The Bertz CT molecular complexity index is 827. The molecular formula is C19H16ClNO. The summed E-state index contributed by atoms with van der Waals surface area (Å²) in [6.45, 7) is 6.57. The number of fused-ring (bicyclic) bond motifs is 1. The second-order valence-electron chi connectivity index (χ2n) is 4.94. The molecule has 0 saturated carbocycles. The van der Waals surface area contributed by atoms with Gasteiger partial charge in [-0.25, -0.2) is 4.98 Å². The predicted molar refractivity (Wildman–Crippen MR) is 92.8 cm³/mol. The van der Waals surface area contributed by atoms with Gasteiger partial charge in [0.05, 0.1) is 17.8 Å². The van der Waals surface area contributed by atoms with Crippen LogP contribution in [-0.2, 0) is 4.74 Å². The highest BCUT2D eigenvalue weighted by atomic mass is 35.5. The van der Waals surface area contributed by atoms with Crippen LogP contribution in [0, 0.1) is 0 Å². The highest BCUT2D eigenvalue weighted by Gasteiger charge is 2.11. The van der Waals surface area contributed by atoms with Crippen molar-refractivity contribution in [2.45, 2.75) is 6.92 Å². The maximum Gasteiger partial charge on any atom is 0.120 e. The van der Waals surface area contributed by atoms with Crippen LogP contribution in [0.15, 0.2) is 61.2 Å². The van der Waals surface area contributed by atoms with Gasteiger partial charge in [-0.2, -0.15) is 0 Å². The van der Waals surface area contributed by atoms with E-state index in [1.165, 1.54) is 0 Å². The summed E-state index contributed by atoms with van der Waals surface area (Å²) in [5.74, 6) is 0.648. The highest BCUT2D eigenvalue weighted by Crippen LogP contribution is 2.30. The van der Waals surface area contributed by atoms with Crippen LogP contribution in [0.25, 0.3) is 27.9 Å². The van der Waals surface area contributed by atoms with Gasteiger partial charge in [-0.05, 0) is 25.1 Å². The highest BCUT2D eigenvalue weighted by molar-refractivity contribution is 6.31. The second kappa shape index (κ2) is 6.20. The summed E-state index contributed by atoms with van der Waals surface area (Å²) in [6, 6.07) is 17.7. The number of hydrogen-bond donors (Lipinski definition) is 0. The van der Waals surface area contributed by atoms with E-state index in [4.69, 9.17) is 21.3 Å². The number of hydrogen-bond acceptors (Lipinski definition) is 2. The van der Waals surface area contributed by atoms with Gasteiger partial charge in [0.25, 0.3) is 0 Å². The summed E-state index contributed by atoms with van der Waals surface area (Å²) in [4.78, 5) is 4.73. The van der Waals surface area contributed by atoms with Crippen molar-refractivity contribution < 1.29 is 4.74 Å². The SMILES string of the molecule is C=C(OCC)c1cc(-c2ccccc2)nc2cc(Cl)ccc12. The van der Waals surface area contributed by atoms with Gasteiger partial charge in [0.2, 0.25) is 0 Å². The molecule has 0 aliphatic carbocycles. The number of halogens is 1. The summed E-state index contributed by atoms with van der Waals surface area (Å²) in [7, 11) is 0. The van der Waals surface area contributed by atoms with Crippen molar-refractivity contribution in [3.8, 4) is 11.3 Å². The van der Waals surface area contributed by atoms with Crippen molar-refractivity contribution in [1.29, 1.82) is 0 Å². The third kappa shape index (κ3) is 2.83. The van der Waals surface area contributed by atoms with Crippen LogP contribution in [0.5, 0.6) is 0 Å². The maximum absolute atomic E-state index is 6.12. The molecule has 1 heterocycles. The number of benzene rings is 2. The Kier molecular flexibility index (Phi) is 4.12.